The number of aliphatic imine (C=N–C) groups is 1. The first-order valence-corrected chi connectivity index (χ1v) is 9.14. The zero-order valence-corrected chi connectivity index (χ0v) is 15.4. The smallest absolute Gasteiger partial charge is 0.191 e. The Labute approximate surface area is 147 Å². The first-order valence-electron chi connectivity index (χ1n) is 8.20. The minimum Gasteiger partial charge on any atom is -0.383 e. The summed E-state index contributed by atoms with van der Waals surface area (Å²) in [5, 5.41) is 21.0. The van der Waals surface area contributed by atoms with Crippen molar-refractivity contribution in [1.82, 2.24) is 15.6 Å². The fourth-order valence-electron chi connectivity index (χ4n) is 2.21. The van der Waals surface area contributed by atoms with Gasteiger partial charge >= 0.3 is 0 Å². The molecule has 0 amide bonds. The van der Waals surface area contributed by atoms with Crippen molar-refractivity contribution >= 4 is 17.3 Å². The molecule has 24 heavy (non-hydrogen) atoms. The van der Waals surface area contributed by atoms with Crippen molar-refractivity contribution in [3.05, 3.63) is 52.0 Å². The third-order valence-electron chi connectivity index (χ3n) is 3.71. The zero-order chi connectivity index (χ0) is 17.4. The predicted octanol–water partition coefficient (Wildman–Crippen LogP) is 2.46. The van der Waals surface area contributed by atoms with E-state index in [1.807, 2.05) is 42.9 Å². The highest BCUT2D eigenvalue weighted by Crippen LogP contribution is 2.23. The summed E-state index contributed by atoms with van der Waals surface area (Å²) in [6, 6.07) is 6.05. The molecule has 0 aliphatic heterocycles. The number of nitrogens with zero attached hydrogens (tertiary/aromatic N) is 2. The Morgan fingerprint density at radius 1 is 1.33 bits per heavy atom. The van der Waals surface area contributed by atoms with Gasteiger partial charge in [0.1, 0.15) is 5.60 Å². The lowest BCUT2D eigenvalue weighted by Gasteiger charge is -2.21. The largest absolute Gasteiger partial charge is 0.383 e. The van der Waals surface area contributed by atoms with E-state index in [1.165, 1.54) is 5.56 Å². The van der Waals surface area contributed by atoms with Crippen LogP contribution in [0.1, 0.15) is 30.7 Å². The van der Waals surface area contributed by atoms with E-state index in [1.54, 1.807) is 18.3 Å². The van der Waals surface area contributed by atoms with Crippen LogP contribution in [-0.4, -0.2) is 35.7 Å². The third kappa shape index (κ3) is 5.62. The van der Waals surface area contributed by atoms with Crippen LogP contribution < -0.4 is 10.6 Å². The summed E-state index contributed by atoms with van der Waals surface area (Å²) in [5.41, 5.74) is 2.16. The van der Waals surface area contributed by atoms with Gasteiger partial charge in [0.2, 0.25) is 0 Å². The minimum atomic E-state index is -0.955. The van der Waals surface area contributed by atoms with Crippen molar-refractivity contribution in [2.24, 2.45) is 4.99 Å². The van der Waals surface area contributed by atoms with Crippen molar-refractivity contribution in [1.29, 1.82) is 0 Å². The summed E-state index contributed by atoms with van der Waals surface area (Å²) in [6.07, 6.45) is 2.78. The maximum atomic E-state index is 10.6. The van der Waals surface area contributed by atoms with Crippen LogP contribution in [0.25, 0.3) is 0 Å². The number of hydrogen-bond acceptors (Lipinski definition) is 4. The molecule has 1 atom stereocenters. The highest BCUT2D eigenvalue weighted by atomic mass is 32.1. The number of guanidine groups is 1. The van der Waals surface area contributed by atoms with Gasteiger partial charge in [-0.15, -0.1) is 0 Å². The standard InChI is InChI=1S/C18H26N4OS/c1-4-19-17(20-9-7-15-6-5-14(2)21-11-15)22-13-18(3,23)16-8-10-24-12-16/h5-6,8,10-12,23H,4,7,9,13H2,1-3H3,(H2,19,20,22). The second-order valence-corrected chi connectivity index (χ2v) is 6.75. The van der Waals surface area contributed by atoms with E-state index >= 15 is 0 Å². The first kappa shape index (κ1) is 18.4. The van der Waals surface area contributed by atoms with Crippen LogP contribution in [0.2, 0.25) is 0 Å². The van der Waals surface area contributed by atoms with E-state index < -0.39 is 5.60 Å². The lowest BCUT2D eigenvalue weighted by molar-refractivity contribution is 0.0677. The van der Waals surface area contributed by atoms with Crippen molar-refractivity contribution in [2.45, 2.75) is 32.8 Å². The molecule has 0 radical (unpaired) electrons. The predicted molar refractivity (Wildman–Crippen MR) is 101 cm³/mol. The van der Waals surface area contributed by atoms with Gasteiger partial charge in [0, 0.05) is 25.0 Å². The molecule has 3 N–H and O–H groups in total. The van der Waals surface area contributed by atoms with E-state index in [4.69, 9.17) is 0 Å². The SMILES string of the molecule is CCNC(=NCC(C)(O)c1ccsc1)NCCc1ccc(C)nc1. The topological polar surface area (TPSA) is 69.5 Å². The number of hydrogen-bond donors (Lipinski definition) is 3. The van der Waals surface area contributed by atoms with E-state index in [-0.39, 0.29) is 0 Å². The second-order valence-electron chi connectivity index (χ2n) is 5.97. The number of nitrogens with one attached hydrogen (secondary N) is 2. The summed E-state index contributed by atoms with van der Waals surface area (Å²) in [6.45, 7) is 7.65. The normalized spacial score (nSPS) is 14.2. The van der Waals surface area contributed by atoms with Crippen molar-refractivity contribution < 1.29 is 5.11 Å². The zero-order valence-electron chi connectivity index (χ0n) is 14.5. The molecule has 2 aromatic heterocycles. The second kappa shape index (κ2) is 8.80. The number of aliphatic hydroxyl groups is 1. The Hall–Kier alpha value is -1.92. The Balaban J connectivity index is 1.89. The average Bonchev–Trinajstić information content (AvgIpc) is 3.10. The minimum absolute atomic E-state index is 0.311. The monoisotopic (exact) mass is 346 g/mol. The van der Waals surface area contributed by atoms with Gasteiger partial charge in [-0.3, -0.25) is 4.98 Å². The molecule has 2 aromatic rings. The Morgan fingerprint density at radius 3 is 2.79 bits per heavy atom. The van der Waals surface area contributed by atoms with Gasteiger partial charge in [-0.05, 0) is 61.2 Å². The van der Waals surface area contributed by atoms with Gasteiger partial charge in [-0.2, -0.15) is 11.3 Å². The molecule has 0 fully saturated rings. The highest BCUT2D eigenvalue weighted by molar-refractivity contribution is 7.08. The van der Waals surface area contributed by atoms with Crippen LogP contribution in [0.5, 0.6) is 0 Å². The first-order chi connectivity index (χ1) is 11.5. The van der Waals surface area contributed by atoms with Crippen LogP contribution >= 0.6 is 11.3 Å². The quantitative estimate of drug-likeness (QED) is 0.532. The van der Waals surface area contributed by atoms with Crippen molar-refractivity contribution in [3.8, 4) is 0 Å². The van der Waals surface area contributed by atoms with Gasteiger partial charge in [-0.25, -0.2) is 4.99 Å². The average molecular weight is 347 g/mol. The molecule has 0 spiro atoms. The number of rotatable bonds is 7. The summed E-state index contributed by atoms with van der Waals surface area (Å²) in [7, 11) is 0. The summed E-state index contributed by atoms with van der Waals surface area (Å²) >= 11 is 1.58. The summed E-state index contributed by atoms with van der Waals surface area (Å²) in [4.78, 5) is 8.82. The maximum absolute atomic E-state index is 10.6. The molecule has 130 valence electrons. The molecule has 0 bridgehead atoms. The van der Waals surface area contributed by atoms with Crippen molar-refractivity contribution in [2.75, 3.05) is 19.6 Å². The number of aromatic nitrogens is 1. The molecule has 0 aliphatic rings. The molecule has 0 aromatic carbocycles. The van der Waals surface area contributed by atoms with Gasteiger partial charge in [-0.1, -0.05) is 6.07 Å². The van der Waals surface area contributed by atoms with Crippen LogP contribution in [0, 0.1) is 6.92 Å². The van der Waals surface area contributed by atoms with E-state index in [9.17, 15) is 5.11 Å². The van der Waals surface area contributed by atoms with Crippen LogP contribution in [0.3, 0.4) is 0 Å². The molecule has 0 saturated carbocycles. The summed E-state index contributed by atoms with van der Waals surface area (Å²) in [5.74, 6) is 0.716. The maximum Gasteiger partial charge on any atom is 0.191 e. The van der Waals surface area contributed by atoms with Crippen molar-refractivity contribution in [3.63, 3.8) is 0 Å². The fourth-order valence-corrected chi connectivity index (χ4v) is 2.99. The molecular formula is C18H26N4OS. The molecule has 0 saturated heterocycles. The molecule has 2 rings (SSSR count). The molecule has 0 aliphatic carbocycles. The molecule has 6 heteroatoms. The molecule has 1 unspecified atom stereocenters. The van der Waals surface area contributed by atoms with Gasteiger partial charge in [0.05, 0.1) is 6.54 Å². The Morgan fingerprint density at radius 2 is 2.17 bits per heavy atom. The van der Waals surface area contributed by atoms with E-state index in [0.29, 0.717) is 12.5 Å². The Bertz CT molecular complexity index is 636. The number of thiophene rings is 1. The van der Waals surface area contributed by atoms with Gasteiger partial charge < -0.3 is 15.7 Å². The Kier molecular flexibility index (Phi) is 6.75. The molecule has 5 nitrogen and oxygen atoms in total. The molecule has 2 heterocycles. The summed E-state index contributed by atoms with van der Waals surface area (Å²) < 4.78 is 0. The van der Waals surface area contributed by atoms with Crippen LogP contribution in [-0.2, 0) is 12.0 Å². The van der Waals surface area contributed by atoms with Crippen LogP contribution in [0.4, 0.5) is 0 Å². The number of pyridine rings is 1. The molecular weight excluding hydrogens is 320 g/mol. The fraction of sp³-hybridized carbons (Fsp3) is 0.444. The van der Waals surface area contributed by atoms with Gasteiger partial charge in [0.25, 0.3) is 0 Å². The highest BCUT2D eigenvalue weighted by Gasteiger charge is 2.23. The van der Waals surface area contributed by atoms with Gasteiger partial charge in [0.15, 0.2) is 5.96 Å². The lowest BCUT2D eigenvalue weighted by atomic mass is 10.00. The van der Waals surface area contributed by atoms with E-state index in [2.05, 4.69) is 26.7 Å². The third-order valence-corrected chi connectivity index (χ3v) is 4.39. The van der Waals surface area contributed by atoms with E-state index in [0.717, 1.165) is 30.8 Å². The van der Waals surface area contributed by atoms with Crippen LogP contribution in [0.15, 0.2) is 40.1 Å². The lowest BCUT2D eigenvalue weighted by Crippen LogP contribution is -2.39. The number of aryl methyl sites for hydroxylation is 1.